The molecule has 4 aromatic rings. The number of nitrogens with one attached hydrogen (secondary N) is 1. The number of nitrogens with zero attached hydrogens (tertiary/aromatic N) is 2. The minimum atomic E-state index is -0.368. The van der Waals surface area contributed by atoms with Crippen LogP contribution < -0.4 is 14.8 Å². The van der Waals surface area contributed by atoms with Gasteiger partial charge in [0, 0.05) is 12.1 Å². The topological polar surface area (TPSA) is 107 Å². The largest absolute Gasteiger partial charge is 0.497 e. The van der Waals surface area contributed by atoms with Crippen LogP contribution >= 0.6 is 0 Å². The summed E-state index contributed by atoms with van der Waals surface area (Å²) in [6, 6.07) is 20.7. The van der Waals surface area contributed by atoms with Crippen LogP contribution in [0.5, 0.6) is 11.5 Å². The minimum Gasteiger partial charge on any atom is -0.497 e. The molecule has 9 heteroatoms. The van der Waals surface area contributed by atoms with Crippen LogP contribution in [0.2, 0.25) is 0 Å². The van der Waals surface area contributed by atoms with E-state index in [1.54, 1.807) is 55.8 Å². The molecule has 36 heavy (non-hydrogen) atoms. The third-order valence-corrected chi connectivity index (χ3v) is 5.68. The summed E-state index contributed by atoms with van der Waals surface area (Å²) >= 11 is 0. The molecule has 0 spiro atoms. The molecule has 0 unspecified atom stereocenters. The molecule has 0 saturated heterocycles. The van der Waals surface area contributed by atoms with Gasteiger partial charge in [-0.25, -0.2) is 5.01 Å². The van der Waals surface area contributed by atoms with Crippen molar-refractivity contribution in [1.82, 2.24) is 5.01 Å². The van der Waals surface area contributed by atoms with E-state index < -0.39 is 0 Å². The summed E-state index contributed by atoms with van der Waals surface area (Å²) in [5.74, 6) is 1.42. The fourth-order valence-corrected chi connectivity index (χ4v) is 3.85. The van der Waals surface area contributed by atoms with Crippen molar-refractivity contribution in [2.45, 2.75) is 12.5 Å². The van der Waals surface area contributed by atoms with Crippen LogP contribution in [0.4, 0.5) is 5.69 Å². The Hall–Kier alpha value is -4.79. The highest BCUT2D eigenvalue weighted by Gasteiger charge is 2.35. The van der Waals surface area contributed by atoms with Gasteiger partial charge in [-0.2, -0.15) is 5.10 Å². The fraction of sp³-hybridized carbons (Fsp3) is 0.148. The summed E-state index contributed by atoms with van der Waals surface area (Å²) < 4.78 is 21.6. The van der Waals surface area contributed by atoms with E-state index in [0.29, 0.717) is 23.6 Å². The molecule has 1 atom stereocenters. The van der Waals surface area contributed by atoms with Gasteiger partial charge in [0.1, 0.15) is 23.3 Å². The second-order valence-corrected chi connectivity index (χ2v) is 7.99. The number of anilines is 1. The first-order chi connectivity index (χ1) is 17.6. The predicted molar refractivity (Wildman–Crippen MR) is 131 cm³/mol. The standard InChI is InChI=1S/C27H23N3O6/c1-33-20-10-6-18(7-11-20)22-16-23(24-4-2-14-34-24)30(29-22)26(31)17-36-21-12-8-19(9-13-21)28-27(32)25-5-3-15-35-25/h2-15,23H,16-17H2,1H3,(H,28,32)/t23-/m1/s1. The fourth-order valence-electron chi connectivity index (χ4n) is 3.85. The Kier molecular flexibility index (Phi) is 6.53. The maximum atomic E-state index is 13.1. The predicted octanol–water partition coefficient (Wildman–Crippen LogP) is 4.89. The molecule has 0 radical (unpaired) electrons. The molecule has 182 valence electrons. The highest BCUT2D eigenvalue weighted by atomic mass is 16.5. The van der Waals surface area contributed by atoms with Gasteiger partial charge in [-0.15, -0.1) is 0 Å². The molecule has 1 N–H and O–H groups in total. The van der Waals surface area contributed by atoms with Gasteiger partial charge < -0.3 is 23.6 Å². The first-order valence-corrected chi connectivity index (χ1v) is 11.3. The number of furan rings is 2. The SMILES string of the molecule is COc1ccc(C2=NN(C(=O)COc3ccc(NC(=O)c4ccco4)cc3)[C@@H](c3ccco3)C2)cc1. The first-order valence-electron chi connectivity index (χ1n) is 11.3. The Balaban J connectivity index is 1.25. The third kappa shape index (κ3) is 5.00. The molecule has 2 aromatic carbocycles. The number of benzene rings is 2. The van der Waals surface area contributed by atoms with Crippen molar-refractivity contribution >= 4 is 23.2 Å². The lowest BCUT2D eigenvalue weighted by atomic mass is 10.0. The molecule has 2 amide bonds. The molecular weight excluding hydrogens is 462 g/mol. The van der Waals surface area contributed by atoms with Crippen molar-refractivity contribution in [1.29, 1.82) is 0 Å². The van der Waals surface area contributed by atoms with Gasteiger partial charge in [0.2, 0.25) is 0 Å². The average Bonchev–Trinajstić information content (AvgIpc) is 3.69. The Morgan fingerprint density at radius 1 is 0.972 bits per heavy atom. The van der Waals surface area contributed by atoms with Gasteiger partial charge in [0.05, 0.1) is 25.3 Å². The van der Waals surface area contributed by atoms with Gasteiger partial charge in [-0.05, 0) is 78.4 Å². The monoisotopic (exact) mass is 485 g/mol. The third-order valence-electron chi connectivity index (χ3n) is 5.68. The molecule has 0 aliphatic carbocycles. The molecular formula is C27H23N3O6. The van der Waals surface area contributed by atoms with Crippen molar-refractivity contribution in [2.75, 3.05) is 19.0 Å². The minimum absolute atomic E-state index is 0.214. The summed E-state index contributed by atoms with van der Waals surface area (Å²) in [5, 5.41) is 8.74. The normalized spacial score (nSPS) is 14.9. The number of hydrogen-bond donors (Lipinski definition) is 1. The number of hydrogen-bond acceptors (Lipinski definition) is 7. The van der Waals surface area contributed by atoms with E-state index in [1.165, 1.54) is 11.3 Å². The second kappa shape index (κ2) is 10.2. The first kappa shape index (κ1) is 23.0. The van der Waals surface area contributed by atoms with Gasteiger partial charge >= 0.3 is 0 Å². The van der Waals surface area contributed by atoms with E-state index in [0.717, 1.165) is 17.0 Å². The van der Waals surface area contributed by atoms with Crippen molar-refractivity contribution in [2.24, 2.45) is 5.10 Å². The zero-order valence-corrected chi connectivity index (χ0v) is 19.4. The van der Waals surface area contributed by atoms with Crippen LogP contribution in [0, 0.1) is 0 Å². The zero-order valence-electron chi connectivity index (χ0n) is 19.4. The van der Waals surface area contributed by atoms with Crippen molar-refractivity contribution in [3.63, 3.8) is 0 Å². The lowest BCUT2D eigenvalue weighted by Crippen LogP contribution is -2.31. The van der Waals surface area contributed by atoms with E-state index in [1.807, 2.05) is 30.3 Å². The molecule has 2 aromatic heterocycles. The van der Waals surface area contributed by atoms with Gasteiger partial charge in [-0.1, -0.05) is 0 Å². The van der Waals surface area contributed by atoms with E-state index in [-0.39, 0.29) is 30.2 Å². The molecule has 5 rings (SSSR count). The van der Waals surface area contributed by atoms with Gasteiger partial charge in [0.15, 0.2) is 12.4 Å². The Morgan fingerprint density at radius 2 is 1.69 bits per heavy atom. The smallest absolute Gasteiger partial charge is 0.291 e. The van der Waals surface area contributed by atoms with E-state index in [9.17, 15) is 9.59 Å². The number of hydrazone groups is 1. The molecule has 0 bridgehead atoms. The van der Waals surface area contributed by atoms with Crippen molar-refractivity contribution < 1.29 is 27.9 Å². The number of carbonyl (C=O) groups is 2. The summed E-state index contributed by atoms with van der Waals surface area (Å²) in [5.41, 5.74) is 2.24. The summed E-state index contributed by atoms with van der Waals surface area (Å²) in [6.07, 6.45) is 3.52. The highest BCUT2D eigenvalue weighted by molar-refractivity contribution is 6.03. The van der Waals surface area contributed by atoms with E-state index in [4.69, 9.17) is 18.3 Å². The quantitative estimate of drug-likeness (QED) is 0.381. The van der Waals surface area contributed by atoms with Crippen LogP contribution in [0.15, 0.2) is 99.3 Å². The maximum absolute atomic E-state index is 13.1. The number of ether oxygens (including phenoxy) is 2. The Labute approximate surface area is 206 Å². The van der Waals surface area contributed by atoms with Crippen molar-refractivity contribution in [3.05, 3.63) is 102 Å². The lowest BCUT2D eigenvalue weighted by molar-refractivity contribution is -0.135. The molecule has 0 saturated carbocycles. The zero-order chi connectivity index (χ0) is 24.9. The van der Waals surface area contributed by atoms with Crippen LogP contribution in [-0.4, -0.2) is 36.3 Å². The summed E-state index contributed by atoms with van der Waals surface area (Å²) in [6.45, 7) is -0.214. The highest BCUT2D eigenvalue weighted by Crippen LogP contribution is 2.33. The number of rotatable bonds is 8. The number of amides is 2. The van der Waals surface area contributed by atoms with Crippen LogP contribution in [0.1, 0.15) is 34.3 Å². The van der Waals surface area contributed by atoms with Crippen LogP contribution in [0.25, 0.3) is 0 Å². The van der Waals surface area contributed by atoms with Crippen LogP contribution in [-0.2, 0) is 4.79 Å². The second-order valence-electron chi connectivity index (χ2n) is 7.99. The maximum Gasteiger partial charge on any atom is 0.291 e. The number of methoxy groups -OCH3 is 1. The molecule has 1 aliphatic heterocycles. The Morgan fingerprint density at radius 3 is 2.36 bits per heavy atom. The van der Waals surface area contributed by atoms with Crippen molar-refractivity contribution in [3.8, 4) is 11.5 Å². The summed E-state index contributed by atoms with van der Waals surface area (Å²) in [4.78, 5) is 25.2. The molecule has 3 heterocycles. The van der Waals surface area contributed by atoms with Gasteiger partial charge in [0.25, 0.3) is 11.8 Å². The summed E-state index contributed by atoms with van der Waals surface area (Å²) in [7, 11) is 1.61. The lowest BCUT2D eigenvalue weighted by Gasteiger charge is -2.20. The average molecular weight is 485 g/mol. The van der Waals surface area contributed by atoms with E-state index in [2.05, 4.69) is 10.4 Å². The molecule has 1 aliphatic rings. The van der Waals surface area contributed by atoms with Gasteiger partial charge in [-0.3, -0.25) is 9.59 Å². The molecule has 0 fully saturated rings. The number of carbonyl (C=O) groups excluding carboxylic acids is 2. The van der Waals surface area contributed by atoms with E-state index >= 15 is 0 Å². The molecule has 9 nitrogen and oxygen atoms in total. The van der Waals surface area contributed by atoms with Crippen LogP contribution in [0.3, 0.4) is 0 Å². The Bertz CT molecular complexity index is 1340.